The Bertz CT molecular complexity index is 917. The van der Waals surface area contributed by atoms with Crippen molar-refractivity contribution in [2.75, 3.05) is 25.0 Å². The summed E-state index contributed by atoms with van der Waals surface area (Å²) < 4.78 is 5.58. The maximum atomic E-state index is 12.1. The maximum Gasteiger partial charge on any atom is 0.227 e. The summed E-state index contributed by atoms with van der Waals surface area (Å²) >= 11 is 0. The first kappa shape index (κ1) is 26.0. The van der Waals surface area contributed by atoms with E-state index in [0.29, 0.717) is 6.54 Å². The summed E-state index contributed by atoms with van der Waals surface area (Å²) in [4.78, 5) is 16.8. The minimum Gasteiger partial charge on any atom is -0.493 e. The summed E-state index contributed by atoms with van der Waals surface area (Å²) in [6.07, 6.45) is 2.75. The van der Waals surface area contributed by atoms with Crippen LogP contribution in [0.2, 0.25) is 0 Å². The molecule has 0 saturated carbocycles. The van der Waals surface area contributed by atoms with Gasteiger partial charge in [0.2, 0.25) is 5.91 Å². The summed E-state index contributed by atoms with van der Waals surface area (Å²) in [5.41, 5.74) is 4.48. The van der Waals surface area contributed by atoms with Crippen LogP contribution < -0.4 is 20.7 Å². The molecule has 0 bridgehead atoms. The van der Waals surface area contributed by atoms with Gasteiger partial charge in [-0.3, -0.25) is 4.79 Å². The fraction of sp³-hybridized carbons (Fsp3) is 0.440. The molecule has 1 heterocycles. The van der Waals surface area contributed by atoms with Gasteiger partial charge in [0, 0.05) is 31.1 Å². The first-order chi connectivity index (χ1) is 15.1. The second-order valence-electron chi connectivity index (χ2n) is 7.91. The Labute approximate surface area is 208 Å². The van der Waals surface area contributed by atoms with Crippen LogP contribution in [0.4, 0.5) is 5.69 Å². The number of amides is 1. The van der Waals surface area contributed by atoms with Crippen LogP contribution >= 0.6 is 24.0 Å². The smallest absolute Gasteiger partial charge is 0.227 e. The number of halogens is 1. The summed E-state index contributed by atoms with van der Waals surface area (Å²) in [5.74, 6) is 1.87. The molecule has 1 atom stereocenters. The second-order valence-corrected chi connectivity index (χ2v) is 7.91. The van der Waals surface area contributed by atoms with Gasteiger partial charge in [-0.15, -0.1) is 24.0 Å². The molecule has 0 aliphatic carbocycles. The Morgan fingerprint density at radius 1 is 1.12 bits per heavy atom. The maximum absolute atomic E-state index is 12.1. The largest absolute Gasteiger partial charge is 0.493 e. The van der Waals surface area contributed by atoms with Crippen molar-refractivity contribution in [3.05, 3.63) is 59.2 Å². The Kier molecular flexibility index (Phi) is 10.8. The van der Waals surface area contributed by atoms with E-state index in [-0.39, 0.29) is 35.8 Å². The van der Waals surface area contributed by atoms with Crippen LogP contribution in [0.3, 0.4) is 0 Å². The molecule has 0 spiro atoms. The van der Waals surface area contributed by atoms with Gasteiger partial charge in [-0.2, -0.15) is 0 Å². The minimum atomic E-state index is 0. The number of hydrogen-bond donors (Lipinski definition) is 3. The third-order valence-electron chi connectivity index (χ3n) is 5.48. The van der Waals surface area contributed by atoms with E-state index in [9.17, 15) is 4.79 Å². The highest BCUT2D eigenvalue weighted by Gasteiger charge is 2.12. The molecule has 2 aromatic rings. The van der Waals surface area contributed by atoms with Crippen LogP contribution in [0.1, 0.15) is 43.9 Å². The van der Waals surface area contributed by atoms with Crippen molar-refractivity contribution in [1.82, 2.24) is 10.6 Å². The number of fused-ring (bicyclic) bond motifs is 1. The molecule has 0 radical (unpaired) electrons. The Morgan fingerprint density at radius 2 is 1.97 bits per heavy atom. The Morgan fingerprint density at radius 3 is 2.75 bits per heavy atom. The number of hydrogen-bond acceptors (Lipinski definition) is 3. The van der Waals surface area contributed by atoms with E-state index in [4.69, 9.17) is 9.73 Å². The number of ether oxygens (including phenoxy) is 1. The van der Waals surface area contributed by atoms with E-state index in [0.717, 1.165) is 61.9 Å². The lowest BCUT2D eigenvalue weighted by molar-refractivity contribution is -0.119. The van der Waals surface area contributed by atoms with Crippen LogP contribution in [-0.2, 0) is 24.2 Å². The SMILES string of the molecule is CCNC(=NCc1cccc(NC(=O)C(C)CC)c1)NCCc1ccc2c(c1)CCO2.I. The van der Waals surface area contributed by atoms with Gasteiger partial charge in [0.1, 0.15) is 5.75 Å². The zero-order valence-corrected chi connectivity index (χ0v) is 21.6. The molecular weight excluding hydrogens is 515 g/mol. The lowest BCUT2D eigenvalue weighted by Gasteiger charge is -2.13. The van der Waals surface area contributed by atoms with Crippen LogP contribution in [0, 0.1) is 5.92 Å². The third-order valence-corrected chi connectivity index (χ3v) is 5.48. The monoisotopic (exact) mass is 550 g/mol. The number of benzene rings is 2. The van der Waals surface area contributed by atoms with Crippen LogP contribution in [0.15, 0.2) is 47.5 Å². The predicted molar refractivity (Wildman–Crippen MR) is 142 cm³/mol. The van der Waals surface area contributed by atoms with Gasteiger partial charge in [0.25, 0.3) is 0 Å². The summed E-state index contributed by atoms with van der Waals surface area (Å²) in [7, 11) is 0. The zero-order valence-electron chi connectivity index (χ0n) is 19.2. The first-order valence-corrected chi connectivity index (χ1v) is 11.3. The van der Waals surface area contributed by atoms with Gasteiger partial charge in [0.15, 0.2) is 5.96 Å². The number of aliphatic imine (C=N–C) groups is 1. The van der Waals surface area contributed by atoms with Crippen LogP contribution in [0.25, 0.3) is 0 Å². The van der Waals surface area contributed by atoms with Crippen molar-refractivity contribution in [3.63, 3.8) is 0 Å². The lowest BCUT2D eigenvalue weighted by Crippen LogP contribution is -2.38. The fourth-order valence-electron chi connectivity index (χ4n) is 3.43. The quantitative estimate of drug-likeness (QED) is 0.244. The molecule has 7 heteroatoms. The van der Waals surface area contributed by atoms with Crippen molar-refractivity contribution in [2.45, 2.75) is 46.6 Å². The minimum absolute atomic E-state index is 0. The standard InChI is InChI=1S/C25H34N4O2.HI/c1-4-18(3)24(30)29-22-8-6-7-20(16-22)17-28-25(26-5-2)27-13-11-19-9-10-23-21(15-19)12-14-31-23;/h6-10,15-16,18H,4-5,11-14,17H2,1-3H3,(H,29,30)(H2,26,27,28);1H. The van der Waals surface area contributed by atoms with Gasteiger partial charge >= 0.3 is 0 Å². The number of rotatable bonds is 9. The average Bonchev–Trinajstić information content (AvgIpc) is 3.25. The number of carbonyl (C=O) groups excluding carboxylic acids is 1. The third kappa shape index (κ3) is 7.69. The molecule has 1 aliphatic heterocycles. The zero-order chi connectivity index (χ0) is 22.1. The van der Waals surface area contributed by atoms with E-state index in [1.165, 1.54) is 11.1 Å². The molecule has 1 unspecified atom stereocenters. The van der Waals surface area contributed by atoms with Crippen molar-refractivity contribution < 1.29 is 9.53 Å². The molecule has 1 amide bonds. The van der Waals surface area contributed by atoms with E-state index in [1.54, 1.807) is 0 Å². The van der Waals surface area contributed by atoms with Crippen molar-refractivity contribution in [2.24, 2.45) is 10.9 Å². The van der Waals surface area contributed by atoms with Gasteiger partial charge < -0.3 is 20.7 Å². The van der Waals surface area contributed by atoms with Crippen LogP contribution in [0.5, 0.6) is 5.75 Å². The van der Waals surface area contributed by atoms with Crippen LogP contribution in [-0.4, -0.2) is 31.6 Å². The molecule has 1 aliphatic rings. The summed E-state index contributed by atoms with van der Waals surface area (Å²) in [6.45, 7) is 8.94. The molecule has 2 aromatic carbocycles. The van der Waals surface area contributed by atoms with E-state index in [1.807, 2.05) is 38.1 Å². The second kappa shape index (κ2) is 13.3. The van der Waals surface area contributed by atoms with Crippen molar-refractivity contribution >= 4 is 41.5 Å². The number of anilines is 1. The number of nitrogens with zero attached hydrogens (tertiary/aromatic N) is 1. The fourth-order valence-corrected chi connectivity index (χ4v) is 3.43. The van der Waals surface area contributed by atoms with Crippen molar-refractivity contribution in [3.8, 4) is 5.75 Å². The molecule has 0 saturated heterocycles. The van der Waals surface area contributed by atoms with Gasteiger partial charge in [0.05, 0.1) is 13.2 Å². The number of guanidine groups is 1. The van der Waals surface area contributed by atoms with E-state index < -0.39 is 0 Å². The molecule has 3 N–H and O–H groups in total. The Balaban J connectivity index is 0.00000363. The highest BCUT2D eigenvalue weighted by atomic mass is 127. The van der Waals surface area contributed by atoms with E-state index in [2.05, 4.69) is 41.1 Å². The molecule has 0 fully saturated rings. The molecule has 6 nitrogen and oxygen atoms in total. The lowest BCUT2D eigenvalue weighted by atomic mass is 10.1. The average molecular weight is 550 g/mol. The summed E-state index contributed by atoms with van der Waals surface area (Å²) in [6, 6.07) is 14.3. The first-order valence-electron chi connectivity index (χ1n) is 11.3. The van der Waals surface area contributed by atoms with E-state index >= 15 is 0 Å². The summed E-state index contributed by atoms with van der Waals surface area (Å²) in [5, 5.41) is 9.70. The normalized spacial score (nSPS) is 13.4. The van der Waals surface area contributed by atoms with Gasteiger partial charge in [-0.1, -0.05) is 38.1 Å². The van der Waals surface area contributed by atoms with Gasteiger partial charge in [-0.25, -0.2) is 4.99 Å². The van der Waals surface area contributed by atoms with Crippen molar-refractivity contribution in [1.29, 1.82) is 0 Å². The van der Waals surface area contributed by atoms with Gasteiger partial charge in [-0.05, 0) is 54.7 Å². The number of nitrogens with one attached hydrogen (secondary N) is 3. The highest BCUT2D eigenvalue weighted by Crippen LogP contribution is 2.25. The molecular formula is C25H35IN4O2. The molecule has 3 rings (SSSR count). The highest BCUT2D eigenvalue weighted by molar-refractivity contribution is 14.0. The molecule has 32 heavy (non-hydrogen) atoms. The molecule has 0 aromatic heterocycles. The predicted octanol–water partition coefficient (Wildman–Crippen LogP) is 4.52. The molecule has 174 valence electrons. The number of carbonyl (C=O) groups is 1. The Hall–Kier alpha value is -2.29. The topological polar surface area (TPSA) is 74.8 Å².